The van der Waals surface area contributed by atoms with Crippen molar-refractivity contribution in [3.8, 4) is 0 Å². The summed E-state index contributed by atoms with van der Waals surface area (Å²) < 4.78 is 18.6. The number of hydrogen-bond acceptors (Lipinski definition) is 2. The molecule has 0 spiro atoms. The molecule has 100 valence electrons. The predicted molar refractivity (Wildman–Crippen MR) is 70.9 cm³/mol. The standard InChI is InChI=1S/C15H22FNO/c1-2-17-14-7-9-15(10-8-14)18-11-12-3-5-13(16)6-4-12/h3-6,14-15,17H,2,7-11H2,1H3. The lowest BCUT2D eigenvalue weighted by Gasteiger charge is -2.29. The van der Waals surface area contributed by atoms with Crippen molar-refractivity contribution in [2.45, 2.75) is 51.4 Å². The molecule has 2 rings (SSSR count). The van der Waals surface area contributed by atoms with Crippen LogP contribution in [0.3, 0.4) is 0 Å². The van der Waals surface area contributed by atoms with E-state index in [2.05, 4.69) is 12.2 Å². The van der Waals surface area contributed by atoms with E-state index in [9.17, 15) is 4.39 Å². The Labute approximate surface area is 109 Å². The Morgan fingerprint density at radius 3 is 2.44 bits per heavy atom. The highest BCUT2D eigenvalue weighted by atomic mass is 19.1. The van der Waals surface area contributed by atoms with Gasteiger partial charge in [0.15, 0.2) is 0 Å². The fourth-order valence-electron chi connectivity index (χ4n) is 2.52. The zero-order chi connectivity index (χ0) is 12.8. The lowest BCUT2D eigenvalue weighted by atomic mass is 9.93. The molecule has 1 saturated carbocycles. The SMILES string of the molecule is CCNC1CCC(OCc2ccc(F)cc2)CC1. The molecule has 1 aromatic rings. The van der Waals surface area contributed by atoms with Gasteiger partial charge in [-0.15, -0.1) is 0 Å². The Bertz CT molecular complexity index is 344. The summed E-state index contributed by atoms with van der Waals surface area (Å²) >= 11 is 0. The zero-order valence-electron chi connectivity index (χ0n) is 11.0. The van der Waals surface area contributed by atoms with Crippen molar-refractivity contribution in [1.82, 2.24) is 5.32 Å². The topological polar surface area (TPSA) is 21.3 Å². The average molecular weight is 251 g/mol. The molecule has 0 radical (unpaired) electrons. The van der Waals surface area contributed by atoms with E-state index in [1.807, 2.05) is 0 Å². The minimum absolute atomic E-state index is 0.190. The molecule has 2 nitrogen and oxygen atoms in total. The first-order valence-corrected chi connectivity index (χ1v) is 6.87. The number of halogens is 1. The van der Waals surface area contributed by atoms with Gasteiger partial charge in [-0.1, -0.05) is 19.1 Å². The van der Waals surface area contributed by atoms with E-state index in [-0.39, 0.29) is 5.82 Å². The van der Waals surface area contributed by atoms with Gasteiger partial charge in [-0.3, -0.25) is 0 Å². The van der Waals surface area contributed by atoms with Crippen LogP contribution in [-0.4, -0.2) is 18.7 Å². The average Bonchev–Trinajstić information content (AvgIpc) is 2.40. The molecule has 1 aliphatic carbocycles. The summed E-state index contributed by atoms with van der Waals surface area (Å²) in [5.74, 6) is -0.190. The first-order valence-electron chi connectivity index (χ1n) is 6.87. The van der Waals surface area contributed by atoms with E-state index in [0.29, 0.717) is 18.8 Å². The smallest absolute Gasteiger partial charge is 0.123 e. The van der Waals surface area contributed by atoms with E-state index in [0.717, 1.165) is 24.9 Å². The maximum Gasteiger partial charge on any atom is 0.123 e. The highest BCUT2D eigenvalue weighted by Gasteiger charge is 2.20. The lowest BCUT2D eigenvalue weighted by molar-refractivity contribution is 0.0114. The molecular formula is C15H22FNO. The molecule has 0 amide bonds. The van der Waals surface area contributed by atoms with Crippen LogP contribution in [-0.2, 0) is 11.3 Å². The summed E-state index contributed by atoms with van der Waals surface area (Å²) in [5, 5.41) is 3.49. The molecule has 1 N–H and O–H groups in total. The molecule has 1 fully saturated rings. The van der Waals surface area contributed by atoms with Crippen LogP contribution in [0, 0.1) is 5.82 Å². The van der Waals surface area contributed by atoms with Crippen LogP contribution in [0.5, 0.6) is 0 Å². The summed E-state index contributed by atoms with van der Waals surface area (Å²) in [6, 6.07) is 7.22. The molecule has 0 aromatic heterocycles. The first kappa shape index (κ1) is 13.5. The molecule has 18 heavy (non-hydrogen) atoms. The highest BCUT2D eigenvalue weighted by Crippen LogP contribution is 2.22. The van der Waals surface area contributed by atoms with Gasteiger partial charge in [-0.05, 0) is 49.9 Å². The van der Waals surface area contributed by atoms with E-state index < -0.39 is 0 Å². The summed E-state index contributed by atoms with van der Waals surface area (Å²) in [4.78, 5) is 0. The van der Waals surface area contributed by atoms with Gasteiger partial charge >= 0.3 is 0 Å². The number of nitrogens with one attached hydrogen (secondary N) is 1. The Balaban J connectivity index is 1.70. The molecular weight excluding hydrogens is 229 g/mol. The quantitative estimate of drug-likeness (QED) is 0.867. The number of benzene rings is 1. The Hall–Kier alpha value is -0.930. The minimum atomic E-state index is -0.190. The van der Waals surface area contributed by atoms with Crippen LogP contribution in [0.25, 0.3) is 0 Å². The van der Waals surface area contributed by atoms with Crippen molar-refractivity contribution in [3.63, 3.8) is 0 Å². The van der Waals surface area contributed by atoms with E-state index in [1.54, 1.807) is 12.1 Å². The van der Waals surface area contributed by atoms with Crippen molar-refractivity contribution >= 4 is 0 Å². The van der Waals surface area contributed by atoms with Gasteiger partial charge in [0.05, 0.1) is 12.7 Å². The molecule has 1 aliphatic rings. The summed E-state index contributed by atoms with van der Waals surface area (Å²) in [6.45, 7) is 3.79. The highest BCUT2D eigenvalue weighted by molar-refractivity contribution is 5.15. The van der Waals surface area contributed by atoms with E-state index >= 15 is 0 Å². The summed E-state index contributed by atoms with van der Waals surface area (Å²) in [6.07, 6.45) is 5.01. The normalized spacial score (nSPS) is 24.1. The second-order valence-electron chi connectivity index (χ2n) is 4.97. The third-order valence-corrected chi connectivity index (χ3v) is 3.57. The van der Waals surface area contributed by atoms with Gasteiger partial charge in [0.2, 0.25) is 0 Å². The van der Waals surface area contributed by atoms with Gasteiger partial charge in [-0.2, -0.15) is 0 Å². The van der Waals surface area contributed by atoms with Crippen molar-refractivity contribution in [3.05, 3.63) is 35.6 Å². The second-order valence-corrected chi connectivity index (χ2v) is 4.97. The molecule has 0 bridgehead atoms. The van der Waals surface area contributed by atoms with Crippen LogP contribution in [0.15, 0.2) is 24.3 Å². The molecule has 0 atom stereocenters. The van der Waals surface area contributed by atoms with Crippen molar-refractivity contribution < 1.29 is 9.13 Å². The Morgan fingerprint density at radius 2 is 1.83 bits per heavy atom. The molecule has 0 aliphatic heterocycles. The molecule has 0 unspecified atom stereocenters. The van der Waals surface area contributed by atoms with Crippen molar-refractivity contribution in [2.75, 3.05) is 6.54 Å². The molecule has 0 heterocycles. The fraction of sp³-hybridized carbons (Fsp3) is 0.600. The van der Waals surface area contributed by atoms with Crippen LogP contribution in [0.2, 0.25) is 0 Å². The van der Waals surface area contributed by atoms with E-state index in [1.165, 1.54) is 25.0 Å². The number of ether oxygens (including phenoxy) is 1. The van der Waals surface area contributed by atoms with Crippen LogP contribution >= 0.6 is 0 Å². The Kier molecular flexibility index (Phi) is 5.14. The van der Waals surface area contributed by atoms with Crippen molar-refractivity contribution in [1.29, 1.82) is 0 Å². The molecule has 0 saturated heterocycles. The van der Waals surface area contributed by atoms with Gasteiger partial charge in [0.25, 0.3) is 0 Å². The van der Waals surface area contributed by atoms with Gasteiger partial charge in [-0.25, -0.2) is 4.39 Å². The maximum atomic E-state index is 12.7. The van der Waals surface area contributed by atoms with Crippen molar-refractivity contribution in [2.24, 2.45) is 0 Å². The third kappa shape index (κ3) is 4.07. The number of rotatable bonds is 5. The zero-order valence-corrected chi connectivity index (χ0v) is 11.0. The largest absolute Gasteiger partial charge is 0.374 e. The monoisotopic (exact) mass is 251 g/mol. The lowest BCUT2D eigenvalue weighted by Crippen LogP contribution is -2.35. The van der Waals surface area contributed by atoms with Gasteiger partial charge in [0.1, 0.15) is 5.82 Å². The van der Waals surface area contributed by atoms with Crippen LogP contribution in [0.4, 0.5) is 4.39 Å². The number of hydrogen-bond donors (Lipinski definition) is 1. The fourth-order valence-corrected chi connectivity index (χ4v) is 2.52. The van der Waals surface area contributed by atoms with Crippen LogP contribution in [0.1, 0.15) is 38.2 Å². The molecule has 3 heteroatoms. The molecule has 1 aromatic carbocycles. The Morgan fingerprint density at radius 1 is 1.17 bits per heavy atom. The third-order valence-electron chi connectivity index (χ3n) is 3.57. The summed E-state index contributed by atoms with van der Waals surface area (Å²) in [7, 11) is 0. The van der Waals surface area contributed by atoms with E-state index in [4.69, 9.17) is 4.74 Å². The predicted octanol–water partition coefficient (Wildman–Crippen LogP) is 3.26. The summed E-state index contributed by atoms with van der Waals surface area (Å²) in [5.41, 5.74) is 1.05. The maximum absolute atomic E-state index is 12.7. The van der Waals surface area contributed by atoms with Gasteiger partial charge in [0, 0.05) is 6.04 Å². The second kappa shape index (κ2) is 6.86. The van der Waals surface area contributed by atoms with Crippen LogP contribution < -0.4 is 5.32 Å². The first-order chi connectivity index (χ1) is 8.78. The van der Waals surface area contributed by atoms with Gasteiger partial charge < -0.3 is 10.1 Å². The minimum Gasteiger partial charge on any atom is -0.374 e.